The molecule has 2 aromatic heterocycles. The second-order valence-corrected chi connectivity index (χ2v) is 6.67. The lowest BCUT2D eigenvalue weighted by Crippen LogP contribution is -2.31. The van der Waals surface area contributed by atoms with Gasteiger partial charge in [0.1, 0.15) is 0 Å². The third-order valence-electron chi connectivity index (χ3n) is 3.32. The summed E-state index contributed by atoms with van der Waals surface area (Å²) in [5, 5.41) is 8.15. The van der Waals surface area contributed by atoms with Gasteiger partial charge in [0, 0.05) is 28.3 Å². The Morgan fingerprint density at radius 3 is 2.56 bits per heavy atom. The zero-order valence-corrected chi connectivity index (χ0v) is 11.8. The highest BCUT2D eigenvalue weighted by Crippen LogP contribution is 2.26. The van der Waals surface area contributed by atoms with Crippen molar-refractivity contribution in [2.45, 2.75) is 31.3 Å². The van der Waals surface area contributed by atoms with E-state index in [1.165, 1.54) is 22.6 Å². The summed E-state index contributed by atoms with van der Waals surface area (Å²) in [6.45, 7) is 0. The number of hydrogen-bond donors (Lipinski definition) is 1. The van der Waals surface area contributed by atoms with Crippen LogP contribution in [-0.2, 0) is 6.42 Å². The molecular formula is C15H17NS2. The highest BCUT2D eigenvalue weighted by atomic mass is 32.1. The van der Waals surface area contributed by atoms with Crippen LogP contribution in [0.2, 0.25) is 0 Å². The highest BCUT2D eigenvalue weighted by Gasteiger charge is 2.19. The maximum Gasteiger partial charge on any atom is 0.0465 e. The fourth-order valence-corrected chi connectivity index (χ4v) is 3.94. The second kappa shape index (κ2) is 5.83. The minimum Gasteiger partial charge on any atom is -0.306 e. The van der Waals surface area contributed by atoms with E-state index in [9.17, 15) is 0 Å². The van der Waals surface area contributed by atoms with Crippen molar-refractivity contribution >= 4 is 22.7 Å². The third-order valence-corrected chi connectivity index (χ3v) is 5.20. The van der Waals surface area contributed by atoms with Crippen molar-refractivity contribution in [3.63, 3.8) is 0 Å². The predicted molar refractivity (Wildman–Crippen MR) is 80.4 cm³/mol. The average molecular weight is 275 g/mol. The van der Waals surface area contributed by atoms with E-state index < -0.39 is 0 Å². The van der Waals surface area contributed by atoms with E-state index in [2.05, 4.69) is 52.5 Å². The summed E-state index contributed by atoms with van der Waals surface area (Å²) in [6.07, 6.45) is 8.02. The summed E-state index contributed by atoms with van der Waals surface area (Å²) < 4.78 is 0. The fraction of sp³-hybridized carbons (Fsp3) is 0.333. The van der Waals surface area contributed by atoms with Crippen molar-refractivity contribution in [3.8, 4) is 0 Å². The Hall–Kier alpha value is -0.900. The van der Waals surface area contributed by atoms with E-state index in [-0.39, 0.29) is 0 Å². The van der Waals surface area contributed by atoms with Crippen LogP contribution >= 0.6 is 22.7 Å². The molecular weight excluding hydrogens is 258 g/mol. The Morgan fingerprint density at radius 1 is 1.11 bits per heavy atom. The van der Waals surface area contributed by atoms with Crippen LogP contribution in [0.5, 0.6) is 0 Å². The molecule has 0 bridgehead atoms. The van der Waals surface area contributed by atoms with Crippen molar-refractivity contribution in [2.24, 2.45) is 0 Å². The zero-order chi connectivity index (χ0) is 12.2. The Morgan fingerprint density at radius 2 is 1.89 bits per heavy atom. The van der Waals surface area contributed by atoms with Crippen molar-refractivity contribution in [2.75, 3.05) is 0 Å². The highest BCUT2D eigenvalue weighted by molar-refractivity contribution is 7.10. The molecule has 94 valence electrons. The van der Waals surface area contributed by atoms with E-state index in [0.29, 0.717) is 12.1 Å². The zero-order valence-electron chi connectivity index (χ0n) is 10.2. The summed E-state index contributed by atoms with van der Waals surface area (Å²) in [5.74, 6) is 0. The van der Waals surface area contributed by atoms with Gasteiger partial charge < -0.3 is 5.32 Å². The van der Waals surface area contributed by atoms with Crippen LogP contribution in [0.3, 0.4) is 0 Å². The van der Waals surface area contributed by atoms with Gasteiger partial charge in [0.2, 0.25) is 0 Å². The smallest absolute Gasteiger partial charge is 0.0465 e. The average Bonchev–Trinajstić information content (AvgIpc) is 3.13. The van der Waals surface area contributed by atoms with Gasteiger partial charge in [0.15, 0.2) is 0 Å². The molecule has 3 rings (SSSR count). The lowest BCUT2D eigenvalue weighted by atomic mass is 10.1. The molecule has 0 fully saturated rings. The fourth-order valence-electron chi connectivity index (χ4n) is 2.40. The first-order valence-electron chi connectivity index (χ1n) is 6.38. The number of hydrogen-bond acceptors (Lipinski definition) is 3. The summed E-state index contributed by atoms with van der Waals surface area (Å²) in [7, 11) is 0. The lowest BCUT2D eigenvalue weighted by molar-refractivity contribution is 0.452. The molecule has 1 nitrogen and oxygen atoms in total. The maximum atomic E-state index is 3.81. The standard InChI is InChI=1S/C15H17NS2/c1-2-6-12(5-1)16-14(15-8-4-10-18-15)11-13-7-3-9-17-13/h1-4,7-10,12,14,16H,5-6,11H2. The lowest BCUT2D eigenvalue weighted by Gasteiger charge is -2.21. The van der Waals surface area contributed by atoms with E-state index in [1.54, 1.807) is 0 Å². The van der Waals surface area contributed by atoms with E-state index in [4.69, 9.17) is 0 Å². The number of thiophene rings is 2. The van der Waals surface area contributed by atoms with Gasteiger partial charge in [-0.15, -0.1) is 22.7 Å². The monoisotopic (exact) mass is 275 g/mol. The molecule has 0 aliphatic heterocycles. The Labute approximate surface area is 116 Å². The quantitative estimate of drug-likeness (QED) is 0.797. The molecule has 1 atom stereocenters. The molecule has 1 aliphatic rings. The van der Waals surface area contributed by atoms with Crippen LogP contribution in [0.15, 0.2) is 47.2 Å². The van der Waals surface area contributed by atoms with Crippen molar-refractivity contribution in [1.29, 1.82) is 0 Å². The van der Waals surface area contributed by atoms with Crippen LogP contribution < -0.4 is 5.32 Å². The molecule has 0 amide bonds. The summed E-state index contributed by atoms with van der Waals surface area (Å²) in [4.78, 5) is 2.92. The Bertz CT molecular complexity index is 477. The summed E-state index contributed by atoms with van der Waals surface area (Å²) in [6, 6.07) is 9.86. The van der Waals surface area contributed by atoms with Crippen molar-refractivity contribution in [3.05, 3.63) is 56.9 Å². The van der Waals surface area contributed by atoms with Crippen LogP contribution in [0, 0.1) is 0 Å². The molecule has 0 saturated heterocycles. The molecule has 3 heteroatoms. The van der Waals surface area contributed by atoms with Crippen LogP contribution in [-0.4, -0.2) is 6.04 Å². The molecule has 0 spiro atoms. The largest absolute Gasteiger partial charge is 0.306 e. The normalized spacial score (nSPS) is 17.3. The minimum atomic E-state index is 0.466. The van der Waals surface area contributed by atoms with Crippen LogP contribution in [0.25, 0.3) is 0 Å². The second-order valence-electron chi connectivity index (χ2n) is 4.66. The van der Waals surface area contributed by atoms with Crippen LogP contribution in [0.1, 0.15) is 28.6 Å². The molecule has 1 aliphatic carbocycles. The van der Waals surface area contributed by atoms with Gasteiger partial charge in [-0.25, -0.2) is 0 Å². The van der Waals surface area contributed by atoms with Gasteiger partial charge in [-0.1, -0.05) is 24.3 Å². The Kier molecular flexibility index (Phi) is 3.93. The molecule has 1 unspecified atom stereocenters. The van der Waals surface area contributed by atoms with Crippen molar-refractivity contribution in [1.82, 2.24) is 5.32 Å². The molecule has 0 aromatic carbocycles. The molecule has 1 N–H and O–H groups in total. The van der Waals surface area contributed by atoms with Gasteiger partial charge >= 0.3 is 0 Å². The molecule has 0 saturated carbocycles. The van der Waals surface area contributed by atoms with Crippen LogP contribution in [0.4, 0.5) is 0 Å². The summed E-state index contributed by atoms with van der Waals surface area (Å²) in [5.41, 5.74) is 0. The number of nitrogens with one attached hydrogen (secondary N) is 1. The molecule has 2 heterocycles. The number of rotatable bonds is 5. The van der Waals surface area contributed by atoms with E-state index in [0.717, 1.165) is 6.42 Å². The minimum absolute atomic E-state index is 0.466. The predicted octanol–water partition coefficient (Wildman–Crippen LogP) is 4.40. The van der Waals surface area contributed by atoms with Gasteiger partial charge in [0.05, 0.1) is 0 Å². The topological polar surface area (TPSA) is 12.0 Å². The van der Waals surface area contributed by atoms with E-state index in [1.807, 2.05) is 22.7 Å². The molecule has 0 radical (unpaired) electrons. The SMILES string of the molecule is C1=CCC(NC(Cc2cccs2)c2cccs2)C1. The van der Waals surface area contributed by atoms with Gasteiger partial charge in [-0.3, -0.25) is 0 Å². The van der Waals surface area contributed by atoms with Gasteiger partial charge in [-0.05, 0) is 35.7 Å². The first-order chi connectivity index (χ1) is 8.92. The Balaban J connectivity index is 1.71. The first kappa shape index (κ1) is 12.2. The van der Waals surface area contributed by atoms with Gasteiger partial charge in [0.25, 0.3) is 0 Å². The summed E-state index contributed by atoms with van der Waals surface area (Å²) >= 11 is 3.71. The van der Waals surface area contributed by atoms with Gasteiger partial charge in [-0.2, -0.15) is 0 Å². The van der Waals surface area contributed by atoms with E-state index >= 15 is 0 Å². The first-order valence-corrected chi connectivity index (χ1v) is 8.14. The third kappa shape index (κ3) is 2.91. The molecule has 2 aromatic rings. The maximum absolute atomic E-state index is 3.81. The molecule has 18 heavy (non-hydrogen) atoms. The van der Waals surface area contributed by atoms with Crippen molar-refractivity contribution < 1.29 is 0 Å².